The lowest BCUT2D eigenvalue weighted by atomic mass is 10.1. The molecule has 0 atom stereocenters. The normalized spacial score (nSPS) is 10.1. The van der Waals surface area contributed by atoms with E-state index < -0.39 is 11.9 Å². The fourth-order valence-corrected chi connectivity index (χ4v) is 1.51. The molecule has 5 nitrogen and oxygen atoms in total. The number of carbonyl (C=O) groups excluding carboxylic acids is 2. The molecule has 0 saturated heterocycles. The fraction of sp³-hybridized carbons (Fsp3) is 0.467. The van der Waals surface area contributed by atoms with Crippen molar-refractivity contribution in [1.29, 1.82) is 0 Å². The quantitative estimate of drug-likeness (QED) is 0.448. The second kappa shape index (κ2) is 8.96. The van der Waals surface area contributed by atoms with Crippen LogP contribution in [0.25, 0.3) is 0 Å². The van der Waals surface area contributed by atoms with Crippen molar-refractivity contribution in [2.75, 3.05) is 18.9 Å². The van der Waals surface area contributed by atoms with Crippen LogP contribution in [0.5, 0.6) is 0 Å². The minimum atomic E-state index is -0.501. The minimum absolute atomic E-state index is 0.228. The molecule has 0 saturated carbocycles. The first-order valence-corrected chi connectivity index (χ1v) is 6.77. The zero-order valence-corrected chi connectivity index (χ0v) is 11.8. The number of aryl methyl sites for hydroxylation is 1. The Bertz CT molecular complexity index is 428. The number of hydrogen-bond donors (Lipinski definition) is 1. The number of carbonyl (C=O) groups is 2. The first-order valence-electron chi connectivity index (χ1n) is 6.77. The molecular formula is C15H21NO4. The summed E-state index contributed by atoms with van der Waals surface area (Å²) in [6.07, 6.45) is 2.56. The molecule has 0 heterocycles. The highest BCUT2D eigenvalue weighted by molar-refractivity contribution is 5.76. The second-order valence-corrected chi connectivity index (χ2v) is 4.48. The van der Waals surface area contributed by atoms with Crippen molar-refractivity contribution < 1.29 is 19.1 Å². The molecule has 1 aromatic carbocycles. The number of benzene rings is 1. The first kappa shape index (κ1) is 16.0. The maximum absolute atomic E-state index is 11.5. The number of hydrogen-bond acceptors (Lipinski definition) is 5. The predicted octanol–water partition coefficient (Wildman–Crippen LogP) is 2.09. The molecule has 2 N–H and O–H groups in total. The lowest BCUT2D eigenvalue weighted by molar-refractivity contribution is -0.158. The van der Waals surface area contributed by atoms with Gasteiger partial charge in [0.05, 0.1) is 6.61 Å². The summed E-state index contributed by atoms with van der Waals surface area (Å²) in [5.74, 6) is -0.909. The van der Waals surface area contributed by atoms with Crippen molar-refractivity contribution in [1.82, 2.24) is 0 Å². The molecule has 0 amide bonds. The van der Waals surface area contributed by atoms with Crippen LogP contribution in [-0.4, -0.2) is 25.2 Å². The molecule has 5 heteroatoms. The Morgan fingerprint density at radius 2 is 1.80 bits per heavy atom. The smallest absolute Gasteiger partial charge is 0.344 e. The number of rotatable bonds is 8. The van der Waals surface area contributed by atoms with Crippen LogP contribution in [0.1, 0.15) is 31.7 Å². The Labute approximate surface area is 119 Å². The third-order valence-corrected chi connectivity index (χ3v) is 2.71. The summed E-state index contributed by atoms with van der Waals surface area (Å²) in [5, 5.41) is 0. The maximum Gasteiger partial charge on any atom is 0.344 e. The molecule has 20 heavy (non-hydrogen) atoms. The van der Waals surface area contributed by atoms with Crippen molar-refractivity contribution in [2.24, 2.45) is 0 Å². The Hall–Kier alpha value is -2.04. The van der Waals surface area contributed by atoms with Gasteiger partial charge in [-0.2, -0.15) is 0 Å². The summed E-state index contributed by atoms with van der Waals surface area (Å²) in [6, 6.07) is 7.29. The average molecular weight is 279 g/mol. The van der Waals surface area contributed by atoms with Crippen LogP contribution in [0.15, 0.2) is 24.3 Å². The van der Waals surface area contributed by atoms with Gasteiger partial charge in [-0.1, -0.05) is 25.5 Å². The largest absolute Gasteiger partial charge is 0.463 e. The van der Waals surface area contributed by atoms with E-state index in [0.717, 1.165) is 18.4 Å². The van der Waals surface area contributed by atoms with E-state index in [0.29, 0.717) is 18.7 Å². The lowest BCUT2D eigenvalue weighted by Gasteiger charge is -2.06. The highest BCUT2D eigenvalue weighted by atomic mass is 16.6. The molecule has 0 unspecified atom stereocenters. The van der Waals surface area contributed by atoms with Gasteiger partial charge in [-0.3, -0.25) is 4.79 Å². The van der Waals surface area contributed by atoms with Gasteiger partial charge in [-0.05, 0) is 30.5 Å². The SMILES string of the molecule is CCCCOC(=O)COC(=O)CCc1ccc(N)cc1. The minimum Gasteiger partial charge on any atom is -0.463 e. The third kappa shape index (κ3) is 6.78. The zero-order chi connectivity index (χ0) is 14.8. The lowest BCUT2D eigenvalue weighted by Crippen LogP contribution is -2.17. The van der Waals surface area contributed by atoms with E-state index >= 15 is 0 Å². The van der Waals surface area contributed by atoms with Crippen LogP contribution >= 0.6 is 0 Å². The van der Waals surface area contributed by atoms with Gasteiger partial charge in [-0.15, -0.1) is 0 Å². The summed E-state index contributed by atoms with van der Waals surface area (Å²) in [7, 11) is 0. The van der Waals surface area contributed by atoms with Crippen molar-refractivity contribution in [3.05, 3.63) is 29.8 Å². The van der Waals surface area contributed by atoms with Gasteiger partial charge in [0.15, 0.2) is 6.61 Å². The van der Waals surface area contributed by atoms with E-state index in [1.165, 1.54) is 0 Å². The van der Waals surface area contributed by atoms with Crippen molar-refractivity contribution >= 4 is 17.6 Å². The Morgan fingerprint density at radius 3 is 2.45 bits per heavy atom. The van der Waals surface area contributed by atoms with Crippen LogP contribution in [0.4, 0.5) is 5.69 Å². The van der Waals surface area contributed by atoms with Crippen molar-refractivity contribution in [2.45, 2.75) is 32.6 Å². The number of nitrogens with two attached hydrogens (primary N) is 1. The van der Waals surface area contributed by atoms with Crippen molar-refractivity contribution in [3.8, 4) is 0 Å². The number of unbranched alkanes of at least 4 members (excludes halogenated alkanes) is 1. The van der Waals surface area contributed by atoms with E-state index in [2.05, 4.69) is 0 Å². The van der Waals surface area contributed by atoms with E-state index in [9.17, 15) is 9.59 Å². The van der Waals surface area contributed by atoms with Crippen LogP contribution in [0.2, 0.25) is 0 Å². The first-order chi connectivity index (χ1) is 9.61. The zero-order valence-electron chi connectivity index (χ0n) is 11.8. The topological polar surface area (TPSA) is 78.6 Å². The average Bonchev–Trinajstić information content (AvgIpc) is 2.45. The van der Waals surface area contributed by atoms with Crippen LogP contribution in [0, 0.1) is 0 Å². The summed E-state index contributed by atoms with van der Waals surface area (Å²) >= 11 is 0. The molecule has 1 aromatic rings. The van der Waals surface area contributed by atoms with Gasteiger partial charge in [0.2, 0.25) is 0 Å². The molecule has 1 rings (SSSR count). The third-order valence-electron chi connectivity index (χ3n) is 2.71. The monoisotopic (exact) mass is 279 g/mol. The molecule has 0 aliphatic heterocycles. The molecule has 110 valence electrons. The molecule has 0 bridgehead atoms. The highest BCUT2D eigenvalue weighted by Gasteiger charge is 2.08. The summed E-state index contributed by atoms with van der Waals surface area (Å²) in [4.78, 5) is 22.7. The molecule has 0 radical (unpaired) electrons. The summed E-state index contributed by atoms with van der Waals surface area (Å²) < 4.78 is 9.72. The Kier molecular flexibility index (Phi) is 7.17. The van der Waals surface area contributed by atoms with Gasteiger partial charge in [0.25, 0.3) is 0 Å². The van der Waals surface area contributed by atoms with E-state index in [4.69, 9.17) is 15.2 Å². The summed E-state index contributed by atoms with van der Waals surface area (Å²) in [6.45, 7) is 2.06. The van der Waals surface area contributed by atoms with Gasteiger partial charge < -0.3 is 15.2 Å². The maximum atomic E-state index is 11.5. The standard InChI is InChI=1S/C15H21NO4/c1-2-3-10-19-15(18)11-20-14(17)9-6-12-4-7-13(16)8-5-12/h4-5,7-8H,2-3,6,9-11,16H2,1H3. The van der Waals surface area contributed by atoms with E-state index in [-0.39, 0.29) is 13.0 Å². The highest BCUT2D eigenvalue weighted by Crippen LogP contribution is 2.08. The molecule has 0 aliphatic rings. The molecule has 0 aliphatic carbocycles. The van der Waals surface area contributed by atoms with Crippen LogP contribution in [0.3, 0.4) is 0 Å². The second-order valence-electron chi connectivity index (χ2n) is 4.48. The van der Waals surface area contributed by atoms with E-state index in [1.807, 2.05) is 19.1 Å². The van der Waals surface area contributed by atoms with Crippen LogP contribution in [-0.2, 0) is 25.5 Å². The molecule has 0 spiro atoms. The van der Waals surface area contributed by atoms with Gasteiger partial charge in [-0.25, -0.2) is 4.79 Å². The van der Waals surface area contributed by atoms with Gasteiger partial charge >= 0.3 is 11.9 Å². The van der Waals surface area contributed by atoms with Crippen molar-refractivity contribution in [3.63, 3.8) is 0 Å². The number of ether oxygens (including phenoxy) is 2. The number of esters is 2. The number of anilines is 1. The summed E-state index contributed by atoms with van der Waals surface area (Å²) in [5.41, 5.74) is 7.26. The predicted molar refractivity (Wildman–Crippen MR) is 76.0 cm³/mol. The van der Waals surface area contributed by atoms with E-state index in [1.54, 1.807) is 12.1 Å². The Balaban J connectivity index is 2.17. The molecule has 0 aromatic heterocycles. The van der Waals surface area contributed by atoms with Crippen LogP contribution < -0.4 is 5.73 Å². The Morgan fingerprint density at radius 1 is 1.10 bits per heavy atom. The molecular weight excluding hydrogens is 258 g/mol. The molecule has 0 fully saturated rings. The van der Waals surface area contributed by atoms with Gasteiger partial charge in [0.1, 0.15) is 0 Å². The fourth-order valence-electron chi connectivity index (χ4n) is 1.51. The number of nitrogen functional groups attached to an aromatic ring is 1. The van der Waals surface area contributed by atoms with Gasteiger partial charge in [0, 0.05) is 12.1 Å².